The molecule has 3 heteroatoms. The smallest absolute Gasteiger partial charge is 0.166 e. The molecule has 2 aromatic carbocycles. The molecule has 0 saturated heterocycles. The van der Waals surface area contributed by atoms with Crippen molar-refractivity contribution >= 4 is 6.08 Å². The van der Waals surface area contributed by atoms with Crippen molar-refractivity contribution in [3.63, 3.8) is 0 Å². The molecule has 0 nitrogen and oxygen atoms in total. The molecule has 0 aromatic heterocycles. The zero-order chi connectivity index (χ0) is 21.1. The zero-order valence-corrected chi connectivity index (χ0v) is 17.8. The van der Waals surface area contributed by atoms with Crippen LogP contribution < -0.4 is 0 Å². The van der Waals surface area contributed by atoms with Gasteiger partial charge in [0.25, 0.3) is 0 Å². The monoisotopic (exact) mass is 412 g/mol. The molecule has 0 aliphatic heterocycles. The molecule has 4 rings (SSSR count). The molecule has 0 unspecified atom stereocenters. The summed E-state index contributed by atoms with van der Waals surface area (Å²) in [6.07, 6.45) is 13.1. The molecule has 0 amide bonds. The van der Waals surface area contributed by atoms with E-state index < -0.39 is 11.6 Å². The van der Waals surface area contributed by atoms with Gasteiger partial charge in [-0.25, -0.2) is 13.2 Å². The van der Waals surface area contributed by atoms with Gasteiger partial charge in [0.2, 0.25) is 0 Å². The van der Waals surface area contributed by atoms with Crippen LogP contribution in [0.5, 0.6) is 0 Å². The molecule has 0 N–H and O–H groups in total. The molecule has 0 atom stereocenters. The van der Waals surface area contributed by atoms with Crippen LogP contribution in [0.4, 0.5) is 13.2 Å². The fourth-order valence-corrected chi connectivity index (χ4v) is 5.18. The summed E-state index contributed by atoms with van der Waals surface area (Å²) in [6.45, 7) is 1.78. The summed E-state index contributed by atoms with van der Waals surface area (Å²) in [5.74, 6) is -0.602. The molecule has 160 valence electrons. The first-order valence-electron chi connectivity index (χ1n) is 11.4. The Bertz CT molecular complexity index is 901. The van der Waals surface area contributed by atoms with E-state index in [1.807, 2.05) is 18.2 Å². The highest BCUT2D eigenvalue weighted by Crippen LogP contribution is 2.38. The van der Waals surface area contributed by atoms with Gasteiger partial charge in [0.05, 0.1) is 0 Å². The number of halogens is 3. The van der Waals surface area contributed by atoms with Crippen molar-refractivity contribution in [1.82, 2.24) is 0 Å². The number of hydrogen-bond donors (Lipinski definition) is 0. The highest BCUT2D eigenvalue weighted by molar-refractivity contribution is 5.52. The number of benzene rings is 2. The summed E-state index contributed by atoms with van der Waals surface area (Å²) < 4.78 is 43.2. The van der Waals surface area contributed by atoms with E-state index in [1.54, 1.807) is 31.2 Å². The van der Waals surface area contributed by atoms with E-state index in [0.717, 1.165) is 56.9 Å². The van der Waals surface area contributed by atoms with Crippen LogP contribution in [0.25, 0.3) is 6.08 Å². The Morgan fingerprint density at radius 2 is 1.50 bits per heavy atom. The van der Waals surface area contributed by atoms with Crippen molar-refractivity contribution in [2.75, 3.05) is 0 Å². The molecule has 30 heavy (non-hydrogen) atoms. The van der Waals surface area contributed by atoms with Crippen LogP contribution in [0.15, 0.2) is 36.4 Å². The fraction of sp³-hybridized carbons (Fsp3) is 0.481. The van der Waals surface area contributed by atoms with Crippen molar-refractivity contribution in [1.29, 1.82) is 0 Å². The quantitative estimate of drug-likeness (QED) is 0.472. The third-order valence-electron chi connectivity index (χ3n) is 7.17. The number of rotatable bonds is 4. The Morgan fingerprint density at radius 3 is 2.20 bits per heavy atom. The van der Waals surface area contributed by atoms with Crippen LogP contribution in [0, 0.1) is 30.3 Å². The average Bonchev–Trinajstić information content (AvgIpc) is 2.78. The highest BCUT2D eigenvalue weighted by atomic mass is 19.2. The molecule has 2 saturated carbocycles. The molecular weight excluding hydrogens is 381 g/mol. The van der Waals surface area contributed by atoms with Crippen LogP contribution >= 0.6 is 0 Å². The fourth-order valence-electron chi connectivity index (χ4n) is 5.18. The number of aryl methyl sites for hydroxylation is 1. The van der Waals surface area contributed by atoms with Crippen molar-refractivity contribution in [2.24, 2.45) is 5.92 Å². The van der Waals surface area contributed by atoms with E-state index in [2.05, 4.69) is 0 Å². The average molecular weight is 413 g/mol. The van der Waals surface area contributed by atoms with Crippen molar-refractivity contribution in [3.05, 3.63) is 76.1 Å². The molecule has 0 radical (unpaired) electrons. The predicted octanol–water partition coefficient (Wildman–Crippen LogP) is 8.45. The van der Waals surface area contributed by atoms with Crippen LogP contribution in [0.1, 0.15) is 91.9 Å². The zero-order valence-electron chi connectivity index (χ0n) is 17.8. The van der Waals surface area contributed by atoms with Gasteiger partial charge in [-0.3, -0.25) is 0 Å². The summed E-state index contributed by atoms with van der Waals surface area (Å²) in [5.41, 5.74) is 2.65. The van der Waals surface area contributed by atoms with Gasteiger partial charge in [-0.2, -0.15) is 0 Å². The number of allylic oxidation sites excluding steroid dienone is 1. The van der Waals surface area contributed by atoms with Crippen molar-refractivity contribution < 1.29 is 13.2 Å². The first-order valence-corrected chi connectivity index (χ1v) is 11.4. The maximum atomic E-state index is 14.7. The minimum absolute atomic E-state index is 0.135. The Morgan fingerprint density at radius 1 is 0.767 bits per heavy atom. The minimum atomic E-state index is -0.710. The lowest BCUT2D eigenvalue weighted by atomic mass is 9.78. The van der Waals surface area contributed by atoms with E-state index in [9.17, 15) is 13.2 Å². The van der Waals surface area contributed by atoms with Gasteiger partial charge in [0.1, 0.15) is 5.82 Å². The van der Waals surface area contributed by atoms with Gasteiger partial charge in [-0.15, -0.1) is 0 Å². The standard InChI is InChI=1S/C27H31F3/c1-18-7-11-23(17-25(18)28)20-12-8-19(9-13-20)10-14-22-15-16-24(27(30)26(22)29)21-5-3-2-4-6-21/h7,10-11,14-17,19-21H,2-6,8-9,12-13H2,1H3. The van der Waals surface area contributed by atoms with Crippen LogP contribution in [0.3, 0.4) is 0 Å². The summed E-state index contributed by atoms with van der Waals surface area (Å²) in [5, 5.41) is 0. The van der Waals surface area contributed by atoms with Gasteiger partial charge in [-0.05, 0) is 86.0 Å². The van der Waals surface area contributed by atoms with Crippen LogP contribution in [-0.2, 0) is 0 Å². The summed E-state index contributed by atoms with van der Waals surface area (Å²) in [7, 11) is 0. The largest absolute Gasteiger partial charge is 0.207 e. The van der Waals surface area contributed by atoms with Gasteiger partial charge in [-0.1, -0.05) is 55.7 Å². The molecule has 2 aliphatic carbocycles. The van der Waals surface area contributed by atoms with Crippen molar-refractivity contribution in [2.45, 2.75) is 76.5 Å². The lowest BCUT2D eigenvalue weighted by Crippen LogP contribution is -2.12. The normalized spacial score (nSPS) is 23.2. The topological polar surface area (TPSA) is 0 Å². The van der Waals surface area contributed by atoms with Crippen LogP contribution in [0.2, 0.25) is 0 Å². The predicted molar refractivity (Wildman–Crippen MR) is 117 cm³/mol. The molecule has 0 spiro atoms. The Balaban J connectivity index is 1.38. The first-order chi connectivity index (χ1) is 14.5. The second-order valence-corrected chi connectivity index (χ2v) is 9.19. The Hall–Kier alpha value is -2.03. The van der Waals surface area contributed by atoms with E-state index in [1.165, 1.54) is 6.42 Å². The van der Waals surface area contributed by atoms with Gasteiger partial charge in [0.15, 0.2) is 11.6 Å². The van der Waals surface area contributed by atoms with E-state index >= 15 is 0 Å². The van der Waals surface area contributed by atoms with Gasteiger partial charge < -0.3 is 0 Å². The first kappa shape index (κ1) is 21.2. The van der Waals surface area contributed by atoms with Gasteiger partial charge >= 0.3 is 0 Å². The molecule has 2 aromatic rings. The maximum absolute atomic E-state index is 14.7. The summed E-state index contributed by atoms with van der Waals surface area (Å²) >= 11 is 0. The Kier molecular flexibility index (Phi) is 6.65. The third-order valence-corrected chi connectivity index (χ3v) is 7.17. The molecule has 0 heterocycles. The van der Waals surface area contributed by atoms with Crippen molar-refractivity contribution in [3.8, 4) is 0 Å². The lowest BCUT2D eigenvalue weighted by Gasteiger charge is -2.27. The maximum Gasteiger partial charge on any atom is 0.166 e. The summed E-state index contributed by atoms with van der Waals surface area (Å²) in [4.78, 5) is 0. The third kappa shape index (κ3) is 4.66. The molecule has 2 aliphatic rings. The second-order valence-electron chi connectivity index (χ2n) is 9.19. The second kappa shape index (κ2) is 9.41. The minimum Gasteiger partial charge on any atom is -0.207 e. The number of hydrogen-bond acceptors (Lipinski definition) is 0. The van der Waals surface area contributed by atoms with E-state index in [0.29, 0.717) is 28.5 Å². The van der Waals surface area contributed by atoms with Gasteiger partial charge in [0, 0.05) is 5.56 Å². The molecule has 2 fully saturated rings. The SMILES string of the molecule is Cc1ccc(C2CCC(C=Cc3ccc(C4CCCCC4)c(F)c3F)CC2)cc1F. The van der Waals surface area contributed by atoms with Crippen LogP contribution in [-0.4, -0.2) is 0 Å². The van der Waals surface area contributed by atoms with E-state index in [4.69, 9.17) is 0 Å². The lowest BCUT2D eigenvalue weighted by molar-refractivity contribution is 0.376. The highest BCUT2D eigenvalue weighted by Gasteiger charge is 2.23. The Labute approximate surface area is 178 Å². The van der Waals surface area contributed by atoms with E-state index in [-0.39, 0.29) is 11.7 Å². The summed E-state index contributed by atoms with van der Waals surface area (Å²) in [6, 6.07) is 9.08. The molecule has 0 bridgehead atoms. The molecular formula is C27H31F3.